The van der Waals surface area contributed by atoms with Crippen molar-refractivity contribution in [1.29, 1.82) is 5.26 Å². The van der Waals surface area contributed by atoms with Gasteiger partial charge in [0.15, 0.2) is 0 Å². The molecule has 1 fully saturated rings. The zero-order valence-corrected chi connectivity index (χ0v) is 10.2. The molecule has 0 aromatic heterocycles. The summed E-state index contributed by atoms with van der Waals surface area (Å²) in [7, 11) is 0. The Balaban J connectivity index is 2.34. The average Bonchev–Trinajstić information content (AvgIpc) is 2.86. The van der Waals surface area contributed by atoms with Crippen molar-refractivity contribution >= 4 is 11.9 Å². The highest BCUT2D eigenvalue weighted by Crippen LogP contribution is 2.13. The van der Waals surface area contributed by atoms with Crippen molar-refractivity contribution in [3.8, 4) is 6.07 Å². The Morgan fingerprint density at radius 1 is 1.50 bits per heavy atom. The van der Waals surface area contributed by atoms with Crippen LogP contribution in [0.1, 0.15) is 32.1 Å². The van der Waals surface area contributed by atoms with Crippen LogP contribution in [-0.2, 0) is 14.3 Å². The second-order valence-corrected chi connectivity index (χ2v) is 4.36. The number of nitriles is 1. The van der Waals surface area contributed by atoms with Gasteiger partial charge in [-0.2, -0.15) is 5.26 Å². The maximum atomic E-state index is 11.7. The number of nitrogens with one attached hydrogen (secondary N) is 1. The van der Waals surface area contributed by atoms with Crippen LogP contribution in [0.3, 0.4) is 0 Å². The predicted molar refractivity (Wildman–Crippen MR) is 62.6 cm³/mol. The molecule has 0 aromatic carbocycles. The highest BCUT2D eigenvalue weighted by molar-refractivity contribution is 5.85. The van der Waals surface area contributed by atoms with E-state index in [2.05, 4.69) is 5.32 Å². The lowest BCUT2D eigenvalue weighted by Gasteiger charge is -2.16. The molecule has 1 saturated heterocycles. The molecule has 0 aliphatic carbocycles. The smallest absolute Gasteiger partial charge is 0.326 e. The first-order valence-electron chi connectivity index (χ1n) is 6.13. The van der Waals surface area contributed by atoms with E-state index in [4.69, 9.17) is 15.1 Å². The van der Waals surface area contributed by atoms with Gasteiger partial charge in [-0.1, -0.05) is 0 Å². The lowest BCUT2D eigenvalue weighted by molar-refractivity contribution is -0.142. The zero-order chi connectivity index (χ0) is 13.4. The van der Waals surface area contributed by atoms with E-state index in [0.717, 1.165) is 0 Å². The van der Waals surface area contributed by atoms with Gasteiger partial charge in [0.1, 0.15) is 6.04 Å². The first kappa shape index (κ1) is 14.5. The number of rotatable bonds is 7. The van der Waals surface area contributed by atoms with Gasteiger partial charge in [0.2, 0.25) is 5.91 Å². The molecule has 1 heterocycles. The Kier molecular flexibility index (Phi) is 6.15. The maximum Gasteiger partial charge on any atom is 0.326 e. The number of unbranched alkanes of at least 4 members (excludes halogenated alkanes) is 2. The molecule has 0 unspecified atom stereocenters. The van der Waals surface area contributed by atoms with Crippen molar-refractivity contribution < 1.29 is 19.4 Å². The summed E-state index contributed by atoms with van der Waals surface area (Å²) in [5.74, 6) is -1.51. The molecule has 1 amide bonds. The molecular formula is C12H18N2O4. The van der Waals surface area contributed by atoms with E-state index in [9.17, 15) is 9.59 Å². The van der Waals surface area contributed by atoms with E-state index in [-0.39, 0.29) is 11.8 Å². The Labute approximate surface area is 106 Å². The molecule has 18 heavy (non-hydrogen) atoms. The number of carbonyl (C=O) groups excluding carboxylic acids is 1. The molecule has 0 saturated carbocycles. The van der Waals surface area contributed by atoms with E-state index < -0.39 is 12.0 Å². The molecule has 1 aliphatic heterocycles. The minimum absolute atomic E-state index is 0.231. The lowest BCUT2D eigenvalue weighted by Crippen LogP contribution is -2.43. The van der Waals surface area contributed by atoms with Gasteiger partial charge in [0.05, 0.1) is 18.6 Å². The van der Waals surface area contributed by atoms with E-state index in [1.807, 2.05) is 6.07 Å². The topological polar surface area (TPSA) is 99.4 Å². The van der Waals surface area contributed by atoms with E-state index >= 15 is 0 Å². The van der Waals surface area contributed by atoms with Crippen molar-refractivity contribution in [1.82, 2.24) is 5.32 Å². The van der Waals surface area contributed by atoms with Crippen LogP contribution in [0, 0.1) is 17.2 Å². The number of carbonyl (C=O) groups is 2. The number of hydrogen-bond donors (Lipinski definition) is 2. The Bertz CT molecular complexity index is 331. The number of aliphatic carboxylic acids is 1. The molecule has 2 atom stereocenters. The minimum Gasteiger partial charge on any atom is -0.480 e. The molecule has 6 heteroatoms. The van der Waals surface area contributed by atoms with Crippen molar-refractivity contribution in [2.75, 3.05) is 13.2 Å². The van der Waals surface area contributed by atoms with Crippen LogP contribution in [0.15, 0.2) is 0 Å². The largest absolute Gasteiger partial charge is 0.480 e. The third kappa shape index (κ3) is 4.72. The first-order chi connectivity index (χ1) is 8.65. The summed E-state index contributed by atoms with van der Waals surface area (Å²) in [6.07, 6.45) is 2.69. The molecule has 0 aromatic rings. The molecule has 2 N–H and O–H groups in total. The molecule has 0 radical (unpaired) electrons. The Morgan fingerprint density at radius 3 is 2.83 bits per heavy atom. The van der Waals surface area contributed by atoms with E-state index in [1.54, 1.807) is 0 Å². The summed E-state index contributed by atoms with van der Waals surface area (Å²) in [6, 6.07) is 1.14. The number of carboxylic acids is 1. The minimum atomic E-state index is -1.03. The molecular weight excluding hydrogens is 236 g/mol. The normalized spacial score (nSPS) is 20.1. The van der Waals surface area contributed by atoms with Gasteiger partial charge in [-0.25, -0.2) is 4.79 Å². The first-order valence-corrected chi connectivity index (χ1v) is 6.13. The number of nitrogens with zero attached hydrogens (tertiary/aromatic N) is 1. The van der Waals surface area contributed by atoms with Crippen LogP contribution in [-0.4, -0.2) is 36.2 Å². The highest BCUT2D eigenvalue weighted by Gasteiger charge is 2.27. The van der Waals surface area contributed by atoms with Gasteiger partial charge in [-0.15, -0.1) is 0 Å². The fraction of sp³-hybridized carbons (Fsp3) is 0.750. The number of carboxylic acid groups (broad SMARTS) is 1. The van der Waals surface area contributed by atoms with Crippen molar-refractivity contribution in [3.63, 3.8) is 0 Å². The number of hydrogen-bond acceptors (Lipinski definition) is 4. The van der Waals surface area contributed by atoms with Gasteiger partial charge in [0.25, 0.3) is 0 Å². The predicted octanol–water partition coefficient (Wildman–Crippen LogP) is 0.676. The standard InChI is InChI=1S/C12H18N2O4/c13-6-3-1-2-4-10(12(16)17)14-11(15)9-5-7-18-8-9/h9-10H,1-5,7-8H2,(H,14,15)(H,16,17)/t9-,10-/m0/s1. The van der Waals surface area contributed by atoms with Crippen LogP contribution in [0.2, 0.25) is 0 Å². The van der Waals surface area contributed by atoms with Gasteiger partial charge >= 0.3 is 5.97 Å². The Morgan fingerprint density at radius 2 is 2.28 bits per heavy atom. The molecule has 100 valence electrons. The SMILES string of the molecule is N#CCCCC[C@H](NC(=O)[C@H]1CCOC1)C(=O)O. The summed E-state index contributed by atoms with van der Waals surface area (Å²) < 4.78 is 5.09. The molecule has 6 nitrogen and oxygen atoms in total. The zero-order valence-electron chi connectivity index (χ0n) is 10.2. The summed E-state index contributed by atoms with van der Waals surface area (Å²) >= 11 is 0. The van der Waals surface area contributed by atoms with Crippen molar-refractivity contribution in [3.05, 3.63) is 0 Å². The van der Waals surface area contributed by atoms with Gasteiger partial charge in [0, 0.05) is 13.0 Å². The number of ether oxygens (including phenoxy) is 1. The number of amides is 1. The molecule has 0 spiro atoms. The van der Waals surface area contributed by atoms with Gasteiger partial charge in [-0.3, -0.25) is 4.79 Å². The molecule has 1 rings (SSSR count). The van der Waals surface area contributed by atoms with E-state index in [1.165, 1.54) is 0 Å². The fourth-order valence-corrected chi connectivity index (χ4v) is 1.84. The second kappa shape index (κ2) is 7.67. The summed E-state index contributed by atoms with van der Waals surface area (Å²) in [5, 5.41) is 19.9. The Hall–Kier alpha value is -1.61. The second-order valence-electron chi connectivity index (χ2n) is 4.36. The fourth-order valence-electron chi connectivity index (χ4n) is 1.84. The molecule has 1 aliphatic rings. The lowest BCUT2D eigenvalue weighted by atomic mass is 10.1. The highest BCUT2D eigenvalue weighted by atomic mass is 16.5. The van der Waals surface area contributed by atoms with Gasteiger partial charge < -0.3 is 15.2 Å². The quantitative estimate of drug-likeness (QED) is 0.651. The van der Waals surface area contributed by atoms with Crippen LogP contribution in [0.4, 0.5) is 0 Å². The van der Waals surface area contributed by atoms with Crippen LogP contribution in [0.5, 0.6) is 0 Å². The van der Waals surface area contributed by atoms with Crippen LogP contribution < -0.4 is 5.32 Å². The maximum absolute atomic E-state index is 11.7. The van der Waals surface area contributed by atoms with Gasteiger partial charge in [-0.05, 0) is 25.7 Å². The van der Waals surface area contributed by atoms with Crippen LogP contribution in [0.25, 0.3) is 0 Å². The van der Waals surface area contributed by atoms with Crippen LogP contribution >= 0.6 is 0 Å². The average molecular weight is 254 g/mol. The van der Waals surface area contributed by atoms with Crippen molar-refractivity contribution in [2.24, 2.45) is 5.92 Å². The monoisotopic (exact) mass is 254 g/mol. The third-order valence-electron chi connectivity index (χ3n) is 2.95. The van der Waals surface area contributed by atoms with E-state index in [0.29, 0.717) is 45.3 Å². The molecule has 0 bridgehead atoms. The summed E-state index contributed by atoms with van der Waals surface area (Å²) in [6.45, 7) is 0.921. The van der Waals surface area contributed by atoms with Crippen molar-refractivity contribution in [2.45, 2.75) is 38.1 Å². The summed E-state index contributed by atoms with van der Waals surface area (Å²) in [5.41, 5.74) is 0. The third-order valence-corrected chi connectivity index (χ3v) is 2.95. The summed E-state index contributed by atoms with van der Waals surface area (Å²) in [4.78, 5) is 22.7.